The van der Waals surface area contributed by atoms with Gasteiger partial charge in [0.1, 0.15) is 12.6 Å². The summed E-state index contributed by atoms with van der Waals surface area (Å²) in [5.41, 5.74) is 0.876. The standard InChI is InChI=1S/C12H20N/c1-8(2)13-7-12(13)6-5-10(12)11(13)9-3-4-9/h8-11H,3-7H2,1-2H3/q+1. The van der Waals surface area contributed by atoms with E-state index in [-0.39, 0.29) is 0 Å². The first-order valence-electron chi connectivity index (χ1n) is 6.10. The van der Waals surface area contributed by atoms with Gasteiger partial charge in [0.25, 0.3) is 0 Å². The van der Waals surface area contributed by atoms with E-state index in [1.165, 1.54) is 5.92 Å². The van der Waals surface area contributed by atoms with Crippen molar-refractivity contribution in [2.75, 3.05) is 6.54 Å². The summed E-state index contributed by atoms with van der Waals surface area (Å²) in [6.07, 6.45) is 6.26. The molecule has 0 radical (unpaired) electrons. The summed E-state index contributed by atoms with van der Waals surface area (Å²) in [7, 11) is 0. The molecule has 0 N–H and O–H groups in total. The zero-order chi connectivity index (χ0) is 8.84. The van der Waals surface area contributed by atoms with Crippen molar-refractivity contribution >= 4 is 0 Å². The van der Waals surface area contributed by atoms with Crippen LogP contribution in [0, 0.1) is 11.8 Å². The van der Waals surface area contributed by atoms with E-state index in [9.17, 15) is 0 Å². The van der Waals surface area contributed by atoms with Gasteiger partial charge in [-0.1, -0.05) is 0 Å². The Hall–Kier alpha value is -0.0400. The third-order valence-corrected chi connectivity index (χ3v) is 5.81. The van der Waals surface area contributed by atoms with Gasteiger partial charge in [-0.25, -0.2) is 0 Å². The molecule has 4 atom stereocenters. The molecular weight excluding hydrogens is 158 g/mol. The highest BCUT2D eigenvalue weighted by atomic mass is 15.7. The summed E-state index contributed by atoms with van der Waals surface area (Å²) in [5, 5.41) is 0. The predicted octanol–water partition coefficient (Wildman–Crippen LogP) is 2.17. The molecule has 13 heavy (non-hydrogen) atoms. The van der Waals surface area contributed by atoms with E-state index in [1.807, 2.05) is 0 Å². The van der Waals surface area contributed by atoms with Crippen molar-refractivity contribution in [1.29, 1.82) is 0 Å². The smallest absolute Gasteiger partial charge is 0.158 e. The predicted molar refractivity (Wildman–Crippen MR) is 52.2 cm³/mol. The van der Waals surface area contributed by atoms with E-state index in [0.29, 0.717) is 0 Å². The van der Waals surface area contributed by atoms with E-state index in [4.69, 9.17) is 0 Å². The first kappa shape index (κ1) is 7.28. The van der Waals surface area contributed by atoms with Crippen molar-refractivity contribution in [2.24, 2.45) is 11.8 Å². The Kier molecular flexibility index (Phi) is 0.959. The lowest BCUT2D eigenvalue weighted by Crippen LogP contribution is -2.72. The summed E-state index contributed by atoms with van der Waals surface area (Å²) < 4.78 is 1.57. The summed E-state index contributed by atoms with van der Waals surface area (Å²) in [5.74, 6) is 2.34. The van der Waals surface area contributed by atoms with Crippen molar-refractivity contribution in [3.63, 3.8) is 0 Å². The van der Waals surface area contributed by atoms with Crippen molar-refractivity contribution in [2.45, 2.75) is 57.2 Å². The molecule has 4 aliphatic rings. The van der Waals surface area contributed by atoms with Crippen molar-refractivity contribution in [1.82, 2.24) is 0 Å². The maximum absolute atomic E-state index is 2.46. The summed E-state index contributed by atoms with van der Waals surface area (Å²) in [4.78, 5) is 0. The molecule has 2 aliphatic heterocycles. The average Bonchev–Trinajstić information content (AvgIpc) is 2.94. The van der Waals surface area contributed by atoms with Crippen LogP contribution in [0.3, 0.4) is 0 Å². The maximum atomic E-state index is 2.46. The van der Waals surface area contributed by atoms with Gasteiger partial charge in [0.15, 0.2) is 5.54 Å². The van der Waals surface area contributed by atoms with E-state index in [0.717, 1.165) is 23.5 Å². The van der Waals surface area contributed by atoms with Crippen molar-refractivity contribution in [3.8, 4) is 0 Å². The molecule has 2 saturated carbocycles. The second-order valence-corrected chi connectivity index (χ2v) is 6.26. The lowest BCUT2D eigenvalue weighted by molar-refractivity contribution is -0.938. The van der Waals surface area contributed by atoms with Gasteiger partial charge >= 0.3 is 0 Å². The molecular formula is C12H20N+. The van der Waals surface area contributed by atoms with Gasteiger partial charge < -0.3 is 4.48 Å². The molecule has 2 saturated heterocycles. The minimum Gasteiger partial charge on any atom is -0.303 e. The second-order valence-electron chi connectivity index (χ2n) is 6.26. The van der Waals surface area contributed by atoms with Crippen LogP contribution in [0.15, 0.2) is 0 Å². The van der Waals surface area contributed by atoms with Crippen LogP contribution in [0.25, 0.3) is 0 Å². The molecule has 2 heterocycles. The number of hydrogen-bond donors (Lipinski definition) is 0. The van der Waals surface area contributed by atoms with E-state index >= 15 is 0 Å². The topological polar surface area (TPSA) is 0 Å². The van der Waals surface area contributed by atoms with Gasteiger partial charge in [-0.2, -0.15) is 0 Å². The van der Waals surface area contributed by atoms with Gasteiger partial charge in [0.05, 0.1) is 12.0 Å². The molecule has 1 heteroatoms. The van der Waals surface area contributed by atoms with Crippen molar-refractivity contribution < 1.29 is 4.48 Å². The van der Waals surface area contributed by atoms with Crippen LogP contribution in [0.2, 0.25) is 0 Å². The van der Waals surface area contributed by atoms with Crippen molar-refractivity contribution in [3.05, 3.63) is 0 Å². The van der Waals surface area contributed by atoms with Crippen LogP contribution in [-0.2, 0) is 0 Å². The molecule has 0 amide bonds. The Balaban J connectivity index is 1.71. The largest absolute Gasteiger partial charge is 0.303 e. The zero-order valence-electron chi connectivity index (χ0n) is 8.79. The lowest BCUT2D eigenvalue weighted by Gasteiger charge is -2.58. The highest BCUT2D eigenvalue weighted by Gasteiger charge is 2.92. The Labute approximate surface area is 80.7 Å². The third-order valence-electron chi connectivity index (χ3n) is 5.81. The Morgan fingerprint density at radius 3 is 2.38 bits per heavy atom. The molecule has 0 aromatic carbocycles. The van der Waals surface area contributed by atoms with Gasteiger partial charge in [-0.3, -0.25) is 0 Å². The highest BCUT2D eigenvalue weighted by Crippen LogP contribution is 2.77. The molecule has 4 unspecified atom stereocenters. The summed E-state index contributed by atoms with van der Waals surface area (Å²) >= 11 is 0. The molecule has 4 fully saturated rings. The van der Waals surface area contributed by atoms with Crippen LogP contribution in [0.1, 0.15) is 39.5 Å². The van der Waals surface area contributed by atoms with Gasteiger partial charge in [-0.05, 0) is 33.1 Å². The monoisotopic (exact) mass is 178 g/mol. The van der Waals surface area contributed by atoms with Gasteiger partial charge in [0.2, 0.25) is 0 Å². The molecule has 4 rings (SSSR count). The Bertz CT molecular complexity index is 281. The number of piperidine rings is 1. The molecule has 0 aromatic rings. The van der Waals surface area contributed by atoms with E-state index in [1.54, 1.807) is 36.7 Å². The average molecular weight is 178 g/mol. The van der Waals surface area contributed by atoms with Gasteiger partial charge in [0, 0.05) is 12.3 Å². The second kappa shape index (κ2) is 1.71. The van der Waals surface area contributed by atoms with Crippen LogP contribution in [0.5, 0.6) is 0 Å². The van der Waals surface area contributed by atoms with Gasteiger partial charge in [-0.15, -0.1) is 0 Å². The van der Waals surface area contributed by atoms with Crippen LogP contribution in [0.4, 0.5) is 0 Å². The Morgan fingerprint density at radius 1 is 1.23 bits per heavy atom. The van der Waals surface area contributed by atoms with Crippen LogP contribution >= 0.6 is 0 Å². The van der Waals surface area contributed by atoms with E-state index < -0.39 is 0 Å². The Morgan fingerprint density at radius 2 is 2.00 bits per heavy atom. The van der Waals surface area contributed by atoms with Crippen LogP contribution < -0.4 is 0 Å². The molecule has 0 aromatic heterocycles. The zero-order valence-corrected chi connectivity index (χ0v) is 8.79. The first-order valence-corrected chi connectivity index (χ1v) is 6.10. The molecule has 2 aliphatic carbocycles. The number of nitrogens with zero attached hydrogens (tertiary/aromatic N) is 1. The number of hydrogen-bond acceptors (Lipinski definition) is 0. The fourth-order valence-electron chi connectivity index (χ4n) is 5.09. The number of quaternary nitrogens is 1. The summed E-state index contributed by atoms with van der Waals surface area (Å²) in [6, 6.07) is 2.05. The fraction of sp³-hybridized carbons (Fsp3) is 1.00. The van der Waals surface area contributed by atoms with E-state index in [2.05, 4.69) is 13.8 Å². The highest BCUT2D eigenvalue weighted by molar-refractivity contribution is 5.23. The normalized spacial score (nSPS) is 62.1. The third kappa shape index (κ3) is 0.516. The molecule has 72 valence electrons. The lowest BCUT2D eigenvalue weighted by atomic mass is 9.60. The first-order chi connectivity index (χ1) is 6.22. The fourth-order valence-corrected chi connectivity index (χ4v) is 5.09. The quantitative estimate of drug-likeness (QED) is 0.449. The molecule has 0 bridgehead atoms. The number of rotatable bonds is 2. The SMILES string of the molecule is CC(C)[N+]12CC13CCC3C2C1CC1. The molecule has 1 spiro atoms. The minimum atomic E-state index is 0.876. The maximum Gasteiger partial charge on any atom is 0.158 e. The van der Waals surface area contributed by atoms with Crippen LogP contribution in [-0.4, -0.2) is 28.7 Å². The summed E-state index contributed by atoms with van der Waals surface area (Å²) in [6.45, 7) is 6.48. The minimum absolute atomic E-state index is 0.876. The molecule has 1 nitrogen and oxygen atoms in total.